The Labute approximate surface area is 84.9 Å². The third kappa shape index (κ3) is 2.23. The maximum absolute atomic E-state index is 5.79. The van der Waals surface area contributed by atoms with E-state index in [0.29, 0.717) is 0 Å². The number of nitrogens with zero attached hydrogens (tertiary/aromatic N) is 2. The first-order valence-corrected chi connectivity index (χ1v) is 5.02. The molecule has 0 amide bonds. The minimum Gasteiger partial charge on any atom is -0.305 e. The fraction of sp³-hybridized carbons (Fsp3) is 0.125. The van der Waals surface area contributed by atoms with E-state index in [1.54, 1.807) is 22.3 Å². The first-order chi connectivity index (χ1) is 6.34. The monoisotopic (exact) mass is 213 g/mol. The van der Waals surface area contributed by atoms with Crippen LogP contribution in [0.5, 0.6) is 0 Å². The van der Waals surface area contributed by atoms with E-state index in [9.17, 15) is 0 Å². The molecule has 0 unspecified atom stereocenters. The van der Waals surface area contributed by atoms with Gasteiger partial charge in [-0.25, -0.2) is 0 Å². The predicted octanol–water partition coefficient (Wildman–Crippen LogP) is 2.34. The third-order valence-electron chi connectivity index (χ3n) is 1.55. The van der Waals surface area contributed by atoms with Crippen LogP contribution < -0.4 is 5.43 Å². The second-order valence-electron chi connectivity index (χ2n) is 2.49. The van der Waals surface area contributed by atoms with Gasteiger partial charge in [-0.15, -0.1) is 11.3 Å². The van der Waals surface area contributed by atoms with Gasteiger partial charge < -0.3 is 5.43 Å². The van der Waals surface area contributed by atoms with E-state index in [1.165, 1.54) is 4.88 Å². The lowest BCUT2D eigenvalue weighted by molar-refractivity contribution is 0.735. The Balaban J connectivity index is 1.93. The molecule has 3 nitrogen and oxygen atoms in total. The molecular weight excluding hydrogens is 206 g/mol. The second-order valence-corrected chi connectivity index (χ2v) is 4.29. The van der Waals surface area contributed by atoms with Crippen molar-refractivity contribution in [2.75, 3.05) is 5.43 Å². The first kappa shape index (κ1) is 8.59. The molecule has 2 aromatic rings. The molecule has 0 aliphatic heterocycles. The fourth-order valence-electron chi connectivity index (χ4n) is 0.968. The van der Waals surface area contributed by atoms with E-state index < -0.39 is 0 Å². The molecule has 13 heavy (non-hydrogen) atoms. The van der Waals surface area contributed by atoms with Crippen LogP contribution in [0.25, 0.3) is 0 Å². The molecule has 2 aromatic heterocycles. The fourth-order valence-corrected chi connectivity index (χ4v) is 1.99. The molecule has 5 heteroatoms. The highest BCUT2D eigenvalue weighted by molar-refractivity contribution is 7.16. The first-order valence-electron chi connectivity index (χ1n) is 3.82. The Bertz CT molecular complexity index is 368. The van der Waals surface area contributed by atoms with Crippen LogP contribution in [0.15, 0.2) is 30.6 Å². The lowest BCUT2D eigenvalue weighted by Gasteiger charge is -2.02. The molecule has 0 aliphatic carbocycles. The summed E-state index contributed by atoms with van der Waals surface area (Å²) in [5.74, 6) is 0. The zero-order valence-electron chi connectivity index (χ0n) is 6.77. The molecule has 0 atom stereocenters. The minimum atomic E-state index is 0.749. The third-order valence-corrected chi connectivity index (χ3v) is 2.78. The number of rotatable bonds is 3. The summed E-state index contributed by atoms with van der Waals surface area (Å²) in [5, 5.41) is 4.02. The summed E-state index contributed by atoms with van der Waals surface area (Å²) in [5.41, 5.74) is 3.11. The van der Waals surface area contributed by atoms with Gasteiger partial charge in [0.05, 0.1) is 17.1 Å². The zero-order valence-corrected chi connectivity index (χ0v) is 8.35. The molecule has 2 rings (SSSR count). The van der Waals surface area contributed by atoms with Crippen molar-refractivity contribution >= 4 is 22.9 Å². The van der Waals surface area contributed by atoms with Crippen LogP contribution in [0.4, 0.5) is 0 Å². The van der Waals surface area contributed by atoms with Crippen molar-refractivity contribution in [3.63, 3.8) is 0 Å². The normalized spacial score (nSPS) is 10.2. The van der Waals surface area contributed by atoms with E-state index in [0.717, 1.165) is 10.9 Å². The number of thiophene rings is 1. The van der Waals surface area contributed by atoms with Crippen molar-refractivity contribution in [1.82, 2.24) is 9.89 Å². The number of hydrogen-bond donors (Lipinski definition) is 1. The Morgan fingerprint density at radius 2 is 2.46 bits per heavy atom. The maximum Gasteiger partial charge on any atom is 0.0931 e. The molecule has 0 spiro atoms. The van der Waals surface area contributed by atoms with Gasteiger partial charge in [-0.1, -0.05) is 11.6 Å². The number of nitrogens with one attached hydrogen (secondary N) is 1. The van der Waals surface area contributed by atoms with Crippen LogP contribution in [-0.2, 0) is 6.54 Å². The van der Waals surface area contributed by atoms with Gasteiger partial charge in [0, 0.05) is 11.1 Å². The summed E-state index contributed by atoms with van der Waals surface area (Å²) in [6.45, 7) is 0.749. The molecule has 0 aliphatic rings. The van der Waals surface area contributed by atoms with Gasteiger partial charge in [-0.05, 0) is 18.2 Å². The van der Waals surface area contributed by atoms with E-state index in [-0.39, 0.29) is 0 Å². The van der Waals surface area contributed by atoms with Crippen LogP contribution in [0.2, 0.25) is 4.34 Å². The lowest BCUT2D eigenvalue weighted by Crippen LogP contribution is -2.13. The summed E-state index contributed by atoms with van der Waals surface area (Å²) in [6, 6.07) is 5.77. The van der Waals surface area contributed by atoms with Gasteiger partial charge in [0.25, 0.3) is 0 Å². The van der Waals surface area contributed by atoms with Crippen molar-refractivity contribution < 1.29 is 0 Å². The molecule has 0 saturated carbocycles. The average molecular weight is 214 g/mol. The van der Waals surface area contributed by atoms with Crippen LogP contribution in [0.1, 0.15) is 4.88 Å². The molecule has 0 aromatic carbocycles. The SMILES string of the molecule is Clc1ccc(CNn2cccn2)s1. The molecule has 68 valence electrons. The molecule has 2 heterocycles. The molecule has 0 fully saturated rings. The molecule has 0 bridgehead atoms. The Kier molecular flexibility index (Phi) is 2.52. The topological polar surface area (TPSA) is 29.9 Å². The lowest BCUT2D eigenvalue weighted by atomic mass is 10.5. The molecule has 0 radical (unpaired) electrons. The van der Waals surface area contributed by atoms with Crippen LogP contribution >= 0.6 is 22.9 Å². The Morgan fingerprint density at radius 1 is 1.54 bits per heavy atom. The van der Waals surface area contributed by atoms with Crippen molar-refractivity contribution in [2.24, 2.45) is 0 Å². The van der Waals surface area contributed by atoms with E-state index >= 15 is 0 Å². The van der Waals surface area contributed by atoms with Crippen molar-refractivity contribution in [3.05, 3.63) is 39.8 Å². The number of hydrogen-bond acceptors (Lipinski definition) is 3. The average Bonchev–Trinajstić information content (AvgIpc) is 2.71. The zero-order chi connectivity index (χ0) is 9.10. The van der Waals surface area contributed by atoms with Crippen molar-refractivity contribution in [1.29, 1.82) is 0 Å². The van der Waals surface area contributed by atoms with Crippen LogP contribution in [0.3, 0.4) is 0 Å². The van der Waals surface area contributed by atoms with Gasteiger partial charge in [0.1, 0.15) is 0 Å². The van der Waals surface area contributed by atoms with Crippen molar-refractivity contribution in [3.8, 4) is 0 Å². The Hall–Kier alpha value is -1.00. The quantitative estimate of drug-likeness (QED) is 0.848. The maximum atomic E-state index is 5.79. The second kappa shape index (κ2) is 3.81. The molecule has 0 saturated heterocycles. The highest BCUT2D eigenvalue weighted by Crippen LogP contribution is 2.21. The van der Waals surface area contributed by atoms with Gasteiger partial charge in [0.2, 0.25) is 0 Å². The summed E-state index contributed by atoms with van der Waals surface area (Å²) >= 11 is 7.36. The van der Waals surface area contributed by atoms with Gasteiger partial charge >= 0.3 is 0 Å². The predicted molar refractivity (Wildman–Crippen MR) is 54.6 cm³/mol. The Morgan fingerprint density at radius 3 is 3.08 bits per heavy atom. The van der Waals surface area contributed by atoms with Crippen LogP contribution in [-0.4, -0.2) is 9.89 Å². The summed E-state index contributed by atoms with van der Waals surface area (Å²) < 4.78 is 0.817. The van der Waals surface area contributed by atoms with Gasteiger partial charge in [-0.3, -0.25) is 0 Å². The largest absolute Gasteiger partial charge is 0.305 e. The van der Waals surface area contributed by atoms with Crippen LogP contribution in [0, 0.1) is 0 Å². The number of halogens is 1. The summed E-state index contributed by atoms with van der Waals surface area (Å²) in [7, 11) is 0. The summed E-state index contributed by atoms with van der Waals surface area (Å²) in [6.07, 6.45) is 3.59. The van der Waals surface area contributed by atoms with Crippen molar-refractivity contribution in [2.45, 2.75) is 6.54 Å². The van der Waals surface area contributed by atoms with E-state index in [1.807, 2.05) is 24.4 Å². The van der Waals surface area contributed by atoms with Gasteiger partial charge in [-0.2, -0.15) is 9.89 Å². The number of aromatic nitrogens is 2. The smallest absolute Gasteiger partial charge is 0.0931 e. The minimum absolute atomic E-state index is 0.749. The molecular formula is C8H8ClN3S. The highest BCUT2D eigenvalue weighted by Gasteiger charge is 1.96. The summed E-state index contributed by atoms with van der Waals surface area (Å²) in [4.78, 5) is 2.87. The van der Waals surface area contributed by atoms with E-state index in [2.05, 4.69) is 10.5 Å². The van der Waals surface area contributed by atoms with Gasteiger partial charge in [0.15, 0.2) is 0 Å². The van der Waals surface area contributed by atoms with E-state index in [4.69, 9.17) is 11.6 Å². The standard InChI is InChI=1S/C8H8ClN3S/c9-8-3-2-7(13-8)6-11-12-5-1-4-10-12/h1-5,11H,6H2. The highest BCUT2D eigenvalue weighted by atomic mass is 35.5. The molecule has 1 N–H and O–H groups in total.